The van der Waals surface area contributed by atoms with Crippen LogP contribution in [0.5, 0.6) is 0 Å². The van der Waals surface area contributed by atoms with Gasteiger partial charge in [-0.05, 0) is 49.6 Å². The highest BCUT2D eigenvalue weighted by Crippen LogP contribution is 2.24. The van der Waals surface area contributed by atoms with Crippen molar-refractivity contribution in [3.05, 3.63) is 58.5 Å². The number of carbonyl (C=O) groups is 1. The van der Waals surface area contributed by atoms with Gasteiger partial charge in [0.05, 0.1) is 16.2 Å². The van der Waals surface area contributed by atoms with E-state index in [2.05, 4.69) is 15.3 Å². The maximum absolute atomic E-state index is 13.2. The number of thioether (sulfide) groups is 1. The second kappa shape index (κ2) is 8.56. The number of benzene rings is 1. The van der Waals surface area contributed by atoms with Gasteiger partial charge in [0.25, 0.3) is 5.56 Å². The quantitative estimate of drug-likeness (QED) is 0.511. The van der Waals surface area contributed by atoms with Gasteiger partial charge in [-0.2, -0.15) is 0 Å². The predicted molar refractivity (Wildman–Crippen MR) is 113 cm³/mol. The first-order chi connectivity index (χ1) is 13.4. The van der Waals surface area contributed by atoms with Crippen LogP contribution in [0.4, 0.5) is 0 Å². The standard InChI is InChI=1S/C21H24N4O2S/c1-13(2)12-23-19(26)15(4)28-21-24-17-8-6-5-7-16(17)20(27)25(21)18-11-14(3)9-10-22-18/h5-11,13,15H,12H2,1-4H3,(H,23,26). The van der Waals surface area contributed by atoms with Gasteiger partial charge in [-0.25, -0.2) is 14.5 Å². The maximum atomic E-state index is 13.2. The van der Waals surface area contributed by atoms with Crippen molar-refractivity contribution in [3.8, 4) is 5.82 Å². The average Bonchev–Trinajstić information content (AvgIpc) is 2.66. The topological polar surface area (TPSA) is 76.9 Å². The van der Waals surface area contributed by atoms with Crippen LogP contribution in [0.3, 0.4) is 0 Å². The molecule has 0 saturated heterocycles. The molecule has 28 heavy (non-hydrogen) atoms. The molecule has 1 unspecified atom stereocenters. The average molecular weight is 397 g/mol. The smallest absolute Gasteiger partial charge is 0.267 e. The molecule has 146 valence electrons. The normalized spacial score (nSPS) is 12.3. The summed E-state index contributed by atoms with van der Waals surface area (Å²) >= 11 is 1.26. The van der Waals surface area contributed by atoms with Crippen LogP contribution in [0.25, 0.3) is 16.7 Å². The summed E-state index contributed by atoms with van der Waals surface area (Å²) in [6.45, 7) is 8.46. The maximum Gasteiger partial charge on any atom is 0.267 e. The Morgan fingerprint density at radius 2 is 1.96 bits per heavy atom. The van der Waals surface area contributed by atoms with Crippen LogP contribution in [-0.4, -0.2) is 32.2 Å². The van der Waals surface area contributed by atoms with Crippen LogP contribution in [0.2, 0.25) is 0 Å². The number of para-hydroxylation sites is 1. The number of pyridine rings is 1. The molecule has 0 saturated carbocycles. The van der Waals surface area contributed by atoms with Gasteiger partial charge >= 0.3 is 0 Å². The van der Waals surface area contributed by atoms with Crippen molar-refractivity contribution >= 4 is 28.6 Å². The summed E-state index contributed by atoms with van der Waals surface area (Å²) in [6, 6.07) is 10.9. The molecule has 0 aliphatic carbocycles. The van der Waals surface area contributed by atoms with Crippen LogP contribution in [0, 0.1) is 12.8 Å². The Balaban J connectivity index is 2.06. The summed E-state index contributed by atoms with van der Waals surface area (Å²) < 4.78 is 1.49. The monoisotopic (exact) mass is 396 g/mol. The number of amides is 1. The van der Waals surface area contributed by atoms with Crippen LogP contribution in [-0.2, 0) is 4.79 Å². The molecule has 1 aromatic carbocycles. The number of hydrogen-bond donors (Lipinski definition) is 1. The summed E-state index contributed by atoms with van der Waals surface area (Å²) in [5.74, 6) is 0.792. The van der Waals surface area contributed by atoms with Crippen molar-refractivity contribution < 1.29 is 4.79 Å². The van der Waals surface area contributed by atoms with Crippen LogP contribution >= 0.6 is 11.8 Å². The fourth-order valence-corrected chi connectivity index (χ4v) is 3.64. The fraction of sp³-hybridized carbons (Fsp3) is 0.333. The Labute approximate surface area is 168 Å². The molecule has 1 amide bonds. The Kier molecular flexibility index (Phi) is 6.14. The molecule has 0 radical (unpaired) electrons. The number of carbonyl (C=O) groups excluding carboxylic acids is 1. The van der Waals surface area contributed by atoms with E-state index in [0.29, 0.717) is 34.3 Å². The van der Waals surface area contributed by atoms with Gasteiger partial charge < -0.3 is 5.32 Å². The number of hydrogen-bond acceptors (Lipinski definition) is 5. The van der Waals surface area contributed by atoms with Gasteiger partial charge in [0.1, 0.15) is 5.82 Å². The molecule has 0 fully saturated rings. The molecule has 7 heteroatoms. The van der Waals surface area contributed by atoms with E-state index < -0.39 is 5.25 Å². The molecule has 0 aliphatic heterocycles. The molecule has 2 heterocycles. The number of rotatable bonds is 6. The summed E-state index contributed by atoms with van der Waals surface area (Å²) in [4.78, 5) is 34.7. The van der Waals surface area contributed by atoms with Crippen molar-refractivity contribution in [2.75, 3.05) is 6.54 Å². The highest BCUT2D eigenvalue weighted by atomic mass is 32.2. The lowest BCUT2D eigenvalue weighted by Gasteiger charge is -2.16. The lowest BCUT2D eigenvalue weighted by Crippen LogP contribution is -2.34. The number of aromatic nitrogens is 3. The lowest BCUT2D eigenvalue weighted by atomic mass is 10.2. The van der Waals surface area contributed by atoms with Gasteiger partial charge in [0, 0.05) is 12.7 Å². The Morgan fingerprint density at radius 1 is 1.21 bits per heavy atom. The third-order valence-corrected chi connectivity index (χ3v) is 5.26. The van der Waals surface area contributed by atoms with E-state index in [1.54, 1.807) is 18.3 Å². The van der Waals surface area contributed by atoms with E-state index >= 15 is 0 Å². The molecule has 1 atom stereocenters. The minimum Gasteiger partial charge on any atom is -0.355 e. The second-order valence-electron chi connectivity index (χ2n) is 7.14. The largest absolute Gasteiger partial charge is 0.355 e. The third kappa shape index (κ3) is 4.42. The Bertz CT molecular complexity index is 1060. The summed E-state index contributed by atoms with van der Waals surface area (Å²) in [5.41, 5.74) is 1.40. The van der Waals surface area contributed by atoms with Gasteiger partial charge in [0.15, 0.2) is 5.16 Å². The molecule has 3 rings (SSSR count). The van der Waals surface area contributed by atoms with Gasteiger partial charge in [-0.1, -0.05) is 37.7 Å². The van der Waals surface area contributed by atoms with E-state index in [-0.39, 0.29) is 11.5 Å². The first kappa shape index (κ1) is 20.1. The molecule has 0 aliphatic rings. The Hall–Kier alpha value is -2.67. The molecule has 6 nitrogen and oxygen atoms in total. The predicted octanol–water partition coefficient (Wildman–Crippen LogP) is 3.34. The second-order valence-corrected chi connectivity index (χ2v) is 8.45. The van der Waals surface area contributed by atoms with Crippen molar-refractivity contribution in [2.45, 2.75) is 38.1 Å². The van der Waals surface area contributed by atoms with E-state index in [4.69, 9.17) is 0 Å². The molecule has 0 bridgehead atoms. The number of aryl methyl sites for hydroxylation is 1. The number of fused-ring (bicyclic) bond motifs is 1. The minimum atomic E-state index is -0.400. The first-order valence-electron chi connectivity index (χ1n) is 9.26. The van der Waals surface area contributed by atoms with Gasteiger partial charge in [-0.3, -0.25) is 9.59 Å². The molecular weight excluding hydrogens is 372 g/mol. The Morgan fingerprint density at radius 3 is 2.68 bits per heavy atom. The zero-order valence-corrected chi connectivity index (χ0v) is 17.3. The van der Waals surface area contributed by atoms with Crippen molar-refractivity contribution in [1.29, 1.82) is 0 Å². The van der Waals surface area contributed by atoms with E-state index in [1.165, 1.54) is 16.3 Å². The van der Waals surface area contributed by atoms with Crippen LogP contribution in [0.15, 0.2) is 52.5 Å². The zero-order chi connectivity index (χ0) is 20.3. The van der Waals surface area contributed by atoms with Crippen molar-refractivity contribution in [1.82, 2.24) is 19.9 Å². The van der Waals surface area contributed by atoms with Crippen molar-refractivity contribution in [3.63, 3.8) is 0 Å². The van der Waals surface area contributed by atoms with Gasteiger partial charge in [-0.15, -0.1) is 0 Å². The molecule has 0 spiro atoms. The fourth-order valence-electron chi connectivity index (χ4n) is 2.70. The van der Waals surface area contributed by atoms with Crippen molar-refractivity contribution in [2.24, 2.45) is 5.92 Å². The number of nitrogens with zero attached hydrogens (tertiary/aromatic N) is 3. The van der Waals surface area contributed by atoms with Gasteiger partial charge in [0.2, 0.25) is 5.91 Å². The van der Waals surface area contributed by atoms with Crippen LogP contribution in [0.1, 0.15) is 26.3 Å². The van der Waals surface area contributed by atoms with E-state index in [1.807, 2.05) is 52.0 Å². The van der Waals surface area contributed by atoms with E-state index in [0.717, 1.165) is 5.56 Å². The highest BCUT2D eigenvalue weighted by molar-refractivity contribution is 8.00. The zero-order valence-electron chi connectivity index (χ0n) is 16.5. The molecule has 2 aromatic heterocycles. The SMILES string of the molecule is Cc1ccnc(-n2c(SC(C)C(=O)NCC(C)C)nc3ccccc3c2=O)c1. The van der Waals surface area contributed by atoms with E-state index in [9.17, 15) is 9.59 Å². The highest BCUT2D eigenvalue weighted by Gasteiger charge is 2.20. The third-order valence-electron chi connectivity index (χ3n) is 4.21. The summed E-state index contributed by atoms with van der Waals surface area (Å²) in [5, 5.41) is 3.50. The molecule has 1 N–H and O–H groups in total. The minimum absolute atomic E-state index is 0.0788. The first-order valence-corrected chi connectivity index (χ1v) is 10.1. The summed E-state index contributed by atoms with van der Waals surface area (Å²) in [7, 11) is 0. The molecular formula is C21H24N4O2S. The number of nitrogens with one attached hydrogen (secondary N) is 1. The lowest BCUT2D eigenvalue weighted by molar-refractivity contribution is -0.120. The molecule has 3 aromatic rings. The summed E-state index contributed by atoms with van der Waals surface area (Å²) in [6.07, 6.45) is 1.67. The van der Waals surface area contributed by atoms with Crippen LogP contribution < -0.4 is 10.9 Å².